The highest BCUT2D eigenvalue weighted by atomic mass is 35.5. The van der Waals surface area contributed by atoms with E-state index in [1.54, 1.807) is 6.07 Å². The molecule has 3 rings (SSSR count). The van der Waals surface area contributed by atoms with Gasteiger partial charge in [0.25, 0.3) is 5.69 Å². The van der Waals surface area contributed by atoms with E-state index >= 15 is 0 Å². The first-order valence-electron chi connectivity index (χ1n) is 8.31. The van der Waals surface area contributed by atoms with E-state index in [4.69, 9.17) is 17.3 Å². The molecule has 0 aliphatic heterocycles. The second kappa shape index (κ2) is 7.06. The van der Waals surface area contributed by atoms with Crippen molar-refractivity contribution in [1.82, 2.24) is 4.48 Å². The van der Waals surface area contributed by atoms with Crippen LogP contribution in [0.5, 0.6) is 5.75 Å². The molecular weight excluding hydrogens is 382 g/mol. The minimum Gasteiger partial charge on any atom is -0.504 e. The highest BCUT2D eigenvalue weighted by molar-refractivity contribution is 6.33. The van der Waals surface area contributed by atoms with Crippen molar-refractivity contribution < 1.29 is 10.0 Å². The molecule has 9 heteroatoms. The van der Waals surface area contributed by atoms with Gasteiger partial charge < -0.3 is 10.8 Å². The number of aromatic hydroxyl groups is 1. The number of nitro benzene ring substituents is 1. The van der Waals surface area contributed by atoms with Crippen LogP contribution in [0.2, 0.25) is 5.02 Å². The fraction of sp³-hybridized carbons (Fsp3) is 0.158. The molecule has 0 saturated carbocycles. The summed E-state index contributed by atoms with van der Waals surface area (Å²) in [5.74, 6) is -0.207. The number of benzene rings is 3. The zero-order valence-electron chi connectivity index (χ0n) is 15.5. The van der Waals surface area contributed by atoms with Gasteiger partial charge in [0.05, 0.1) is 36.8 Å². The summed E-state index contributed by atoms with van der Waals surface area (Å²) >= 11 is 6.13. The van der Waals surface area contributed by atoms with Gasteiger partial charge in [-0.15, -0.1) is 5.11 Å². The number of hydrogen-bond acceptors (Lipinski definition) is 6. The summed E-state index contributed by atoms with van der Waals surface area (Å²) in [5.41, 5.74) is 6.79. The van der Waals surface area contributed by atoms with Crippen molar-refractivity contribution in [2.24, 2.45) is 10.2 Å². The van der Waals surface area contributed by atoms with Crippen LogP contribution < -0.4 is 10.2 Å². The molecule has 3 aromatic carbocycles. The Hall–Kier alpha value is -3.23. The van der Waals surface area contributed by atoms with E-state index in [0.717, 1.165) is 11.1 Å². The number of nitro groups is 1. The lowest BCUT2D eigenvalue weighted by atomic mass is 10.1. The van der Waals surface area contributed by atoms with Crippen LogP contribution in [0.3, 0.4) is 0 Å². The number of fused-ring (bicyclic) bond motifs is 1. The number of phenols is 1. The fourth-order valence-electron chi connectivity index (χ4n) is 2.70. The number of nitrogen functional groups attached to an aromatic ring is 1. The molecule has 0 amide bonds. The van der Waals surface area contributed by atoms with Crippen molar-refractivity contribution >= 4 is 50.8 Å². The van der Waals surface area contributed by atoms with Crippen LogP contribution in [0.15, 0.2) is 52.7 Å². The lowest BCUT2D eigenvalue weighted by Gasteiger charge is -2.23. The first-order valence-corrected chi connectivity index (χ1v) is 8.68. The second-order valence-corrected chi connectivity index (χ2v) is 7.58. The summed E-state index contributed by atoms with van der Waals surface area (Å²) in [6, 6.07) is 11.5. The quantitative estimate of drug-likeness (QED) is 0.203. The molecule has 3 aromatic rings. The van der Waals surface area contributed by atoms with Crippen molar-refractivity contribution in [3.63, 3.8) is 0 Å². The number of anilines is 1. The Bertz CT molecular complexity index is 1120. The molecule has 0 aromatic heterocycles. The number of quaternary nitrogens is 1. The van der Waals surface area contributed by atoms with Gasteiger partial charge in [-0.2, -0.15) is 5.11 Å². The monoisotopic (exact) mass is 400 g/mol. The van der Waals surface area contributed by atoms with Crippen LogP contribution in [-0.2, 0) is 0 Å². The predicted molar refractivity (Wildman–Crippen MR) is 112 cm³/mol. The zero-order valence-corrected chi connectivity index (χ0v) is 16.3. The topological polar surface area (TPSA) is 114 Å². The molecule has 0 fully saturated rings. The minimum absolute atomic E-state index is 0.0348. The van der Waals surface area contributed by atoms with Crippen LogP contribution in [0.1, 0.15) is 0 Å². The Morgan fingerprint density at radius 2 is 1.82 bits per heavy atom. The molecular formula is C19H19ClN5O3+. The van der Waals surface area contributed by atoms with Gasteiger partial charge >= 0.3 is 0 Å². The van der Waals surface area contributed by atoms with Crippen molar-refractivity contribution in [3.05, 3.63) is 57.6 Å². The molecule has 28 heavy (non-hydrogen) atoms. The molecule has 0 radical (unpaired) electrons. The minimum atomic E-state index is -0.589. The average molecular weight is 401 g/mol. The highest BCUT2D eigenvalue weighted by Gasteiger charge is 2.18. The van der Waals surface area contributed by atoms with Crippen LogP contribution >= 0.6 is 11.6 Å². The van der Waals surface area contributed by atoms with Gasteiger partial charge in [-0.3, -0.25) is 14.6 Å². The summed E-state index contributed by atoms with van der Waals surface area (Å²) in [4.78, 5) is 10.5. The molecule has 0 unspecified atom stereocenters. The Balaban J connectivity index is 2.16. The van der Waals surface area contributed by atoms with Gasteiger partial charge in [0.1, 0.15) is 17.1 Å². The van der Waals surface area contributed by atoms with Crippen molar-refractivity contribution in [3.8, 4) is 5.75 Å². The molecule has 0 bridgehead atoms. The summed E-state index contributed by atoms with van der Waals surface area (Å²) in [7, 11) is 6.06. The molecule has 0 aliphatic carbocycles. The fourth-order valence-corrected chi connectivity index (χ4v) is 2.91. The first kappa shape index (κ1) is 19.5. The predicted octanol–water partition coefficient (Wildman–Crippen LogP) is 5.30. The lowest BCUT2D eigenvalue weighted by Crippen LogP contribution is -2.34. The van der Waals surface area contributed by atoms with Gasteiger partial charge in [0.15, 0.2) is 5.75 Å². The smallest absolute Gasteiger partial charge is 0.294 e. The normalized spacial score (nSPS) is 12.0. The third kappa shape index (κ3) is 3.73. The maximum absolute atomic E-state index is 11.0. The maximum Gasteiger partial charge on any atom is 0.294 e. The maximum atomic E-state index is 11.0. The average Bonchev–Trinajstić information content (AvgIpc) is 2.62. The van der Waals surface area contributed by atoms with Crippen molar-refractivity contribution in [2.75, 3.05) is 26.9 Å². The van der Waals surface area contributed by atoms with Gasteiger partial charge in [-0.05, 0) is 35.7 Å². The number of phenolic OH excluding ortho intramolecular Hbond substituents is 1. The van der Waals surface area contributed by atoms with E-state index in [1.165, 1.54) is 18.2 Å². The van der Waals surface area contributed by atoms with E-state index in [-0.39, 0.29) is 33.5 Å². The summed E-state index contributed by atoms with van der Waals surface area (Å²) in [6.45, 7) is 0. The van der Waals surface area contributed by atoms with E-state index in [1.807, 2.05) is 39.3 Å². The third-order valence-electron chi connectivity index (χ3n) is 4.28. The van der Waals surface area contributed by atoms with Crippen LogP contribution in [0.4, 0.5) is 28.4 Å². The van der Waals surface area contributed by atoms with Crippen LogP contribution in [0.25, 0.3) is 10.8 Å². The highest BCUT2D eigenvalue weighted by Crippen LogP contribution is 2.43. The molecule has 0 saturated heterocycles. The molecule has 8 nitrogen and oxygen atoms in total. The molecule has 144 valence electrons. The summed E-state index contributed by atoms with van der Waals surface area (Å²) in [5, 5.41) is 31.3. The summed E-state index contributed by atoms with van der Waals surface area (Å²) < 4.78 is 0.570. The van der Waals surface area contributed by atoms with Crippen molar-refractivity contribution in [1.29, 1.82) is 0 Å². The molecule has 0 heterocycles. The van der Waals surface area contributed by atoms with E-state index in [0.29, 0.717) is 9.87 Å². The zero-order chi connectivity index (χ0) is 20.6. The number of rotatable bonds is 4. The van der Waals surface area contributed by atoms with Gasteiger partial charge in [-0.1, -0.05) is 11.6 Å². The molecule has 0 aliphatic rings. The van der Waals surface area contributed by atoms with Gasteiger partial charge in [0.2, 0.25) is 0 Å². The van der Waals surface area contributed by atoms with Gasteiger partial charge in [-0.25, -0.2) is 0 Å². The van der Waals surface area contributed by atoms with Crippen molar-refractivity contribution in [2.45, 2.75) is 0 Å². The van der Waals surface area contributed by atoms with E-state index in [2.05, 4.69) is 10.2 Å². The third-order valence-corrected chi connectivity index (χ3v) is 4.56. The van der Waals surface area contributed by atoms with Crippen LogP contribution in [0, 0.1) is 10.1 Å². The number of nitrogens with zero attached hydrogens (tertiary/aromatic N) is 4. The Labute approximate surface area is 166 Å². The van der Waals surface area contributed by atoms with Gasteiger partial charge in [0, 0.05) is 17.5 Å². The lowest BCUT2D eigenvalue weighted by molar-refractivity contribution is -0.383. The Kier molecular flexibility index (Phi) is 4.93. The Morgan fingerprint density at radius 1 is 1.11 bits per heavy atom. The molecule has 3 N–H and O–H groups in total. The number of azo groups is 1. The second-order valence-electron chi connectivity index (χ2n) is 7.17. The largest absolute Gasteiger partial charge is 0.504 e. The molecule has 0 atom stereocenters. The van der Waals surface area contributed by atoms with E-state index in [9.17, 15) is 15.2 Å². The first-order chi connectivity index (χ1) is 13.1. The number of halogens is 1. The summed E-state index contributed by atoms with van der Waals surface area (Å²) in [6.07, 6.45) is 0. The number of nitrogens with two attached hydrogens (primary N) is 1. The van der Waals surface area contributed by atoms with Crippen LogP contribution in [-0.4, -0.2) is 31.2 Å². The van der Waals surface area contributed by atoms with E-state index < -0.39 is 4.92 Å². The Morgan fingerprint density at radius 3 is 2.46 bits per heavy atom. The molecule has 0 spiro atoms. The SMILES string of the molecule is C[N+](C)(C)c1ccc2cc(Cl)c(O)c(N=Nc3ccc(N)c([N+](=O)[O-])c3)c2c1. The number of hydrogen-bond donors (Lipinski definition) is 2. The standard InChI is InChI=1S/C19H18ClN5O3/c1-25(2,3)13-6-4-11-8-15(20)19(26)18(14(11)10-13)23-22-12-5-7-16(21)17(9-12)24(27)28/h4-10H,1-3H3,(H2-,21,22,23,26)/p+1.